The molecular formula is C15H21N3O. The number of phenols is 1. The summed E-state index contributed by atoms with van der Waals surface area (Å²) in [4.78, 5) is 0. The summed E-state index contributed by atoms with van der Waals surface area (Å²) in [6, 6.07) is 7.72. The zero-order valence-corrected chi connectivity index (χ0v) is 11.5. The van der Waals surface area contributed by atoms with E-state index in [0.717, 1.165) is 19.5 Å². The fraction of sp³-hybridized carbons (Fsp3) is 0.400. The van der Waals surface area contributed by atoms with Crippen LogP contribution in [0.1, 0.15) is 30.5 Å². The minimum absolute atomic E-state index is 0.311. The summed E-state index contributed by atoms with van der Waals surface area (Å²) in [5.41, 5.74) is 2.39. The highest BCUT2D eigenvalue weighted by molar-refractivity contribution is 5.27. The van der Waals surface area contributed by atoms with Crippen molar-refractivity contribution >= 4 is 0 Å². The first-order chi connectivity index (χ1) is 9.19. The first-order valence-corrected chi connectivity index (χ1v) is 6.70. The molecule has 0 bridgehead atoms. The van der Waals surface area contributed by atoms with Crippen LogP contribution >= 0.6 is 0 Å². The van der Waals surface area contributed by atoms with Crippen LogP contribution in [0.4, 0.5) is 0 Å². The normalized spacial score (nSPS) is 12.5. The Bertz CT molecular complexity index is 504. The predicted octanol–water partition coefficient (Wildman–Crippen LogP) is 2.64. The van der Waals surface area contributed by atoms with Gasteiger partial charge in [-0.25, -0.2) is 0 Å². The van der Waals surface area contributed by atoms with Gasteiger partial charge in [-0.3, -0.25) is 4.68 Å². The number of phenolic OH excluding ortho intramolecular Hbond substituents is 1. The lowest BCUT2D eigenvalue weighted by Crippen LogP contribution is -2.25. The van der Waals surface area contributed by atoms with E-state index in [-0.39, 0.29) is 0 Å². The molecule has 2 rings (SSSR count). The highest BCUT2D eigenvalue weighted by Crippen LogP contribution is 2.19. The maximum atomic E-state index is 9.31. The predicted molar refractivity (Wildman–Crippen MR) is 76.1 cm³/mol. The van der Waals surface area contributed by atoms with E-state index in [2.05, 4.69) is 17.3 Å². The first-order valence-electron chi connectivity index (χ1n) is 6.70. The largest absolute Gasteiger partial charge is 0.508 e. The van der Waals surface area contributed by atoms with Gasteiger partial charge in [-0.1, -0.05) is 19.1 Å². The molecule has 1 aromatic heterocycles. The van der Waals surface area contributed by atoms with Gasteiger partial charge >= 0.3 is 0 Å². The van der Waals surface area contributed by atoms with Crippen molar-refractivity contribution < 1.29 is 5.11 Å². The number of aromatic nitrogens is 2. The lowest BCUT2D eigenvalue weighted by atomic mass is 10.0. The van der Waals surface area contributed by atoms with E-state index in [1.807, 2.05) is 36.1 Å². The standard InChI is InChI=1S/C15H21N3O/c1-3-15(13-4-6-14(19)7-5-13)16-8-9-18-11-12(2)10-17-18/h4-7,10-11,15-16,19H,3,8-9H2,1-2H3. The number of nitrogens with one attached hydrogen (secondary N) is 1. The third-order valence-corrected chi connectivity index (χ3v) is 3.20. The molecule has 0 saturated carbocycles. The maximum absolute atomic E-state index is 9.31. The molecule has 1 unspecified atom stereocenters. The topological polar surface area (TPSA) is 50.1 Å². The first kappa shape index (κ1) is 13.6. The van der Waals surface area contributed by atoms with Crippen LogP contribution < -0.4 is 5.32 Å². The number of hydrogen-bond donors (Lipinski definition) is 2. The monoisotopic (exact) mass is 259 g/mol. The highest BCUT2D eigenvalue weighted by atomic mass is 16.3. The lowest BCUT2D eigenvalue weighted by molar-refractivity contribution is 0.467. The van der Waals surface area contributed by atoms with Gasteiger partial charge in [0.1, 0.15) is 5.75 Å². The van der Waals surface area contributed by atoms with E-state index in [9.17, 15) is 5.11 Å². The molecule has 2 N–H and O–H groups in total. The zero-order valence-electron chi connectivity index (χ0n) is 11.5. The van der Waals surface area contributed by atoms with Crippen molar-refractivity contribution in [3.63, 3.8) is 0 Å². The van der Waals surface area contributed by atoms with Crippen LogP contribution in [-0.4, -0.2) is 21.4 Å². The molecule has 0 radical (unpaired) electrons. The van der Waals surface area contributed by atoms with E-state index in [1.165, 1.54) is 11.1 Å². The Labute approximate surface area is 114 Å². The molecule has 2 aromatic rings. The van der Waals surface area contributed by atoms with Crippen molar-refractivity contribution in [3.8, 4) is 5.75 Å². The van der Waals surface area contributed by atoms with Crippen LogP contribution in [0.5, 0.6) is 5.75 Å². The van der Waals surface area contributed by atoms with Crippen LogP contribution in [0, 0.1) is 6.92 Å². The van der Waals surface area contributed by atoms with Crippen molar-refractivity contribution in [1.82, 2.24) is 15.1 Å². The van der Waals surface area contributed by atoms with Crippen LogP contribution in [-0.2, 0) is 6.54 Å². The van der Waals surface area contributed by atoms with Gasteiger partial charge in [0.2, 0.25) is 0 Å². The third kappa shape index (κ3) is 3.83. The summed E-state index contributed by atoms with van der Waals surface area (Å²) >= 11 is 0. The maximum Gasteiger partial charge on any atom is 0.115 e. The highest BCUT2D eigenvalue weighted by Gasteiger charge is 2.08. The molecule has 0 aliphatic rings. The average molecular weight is 259 g/mol. The Morgan fingerprint density at radius 1 is 1.32 bits per heavy atom. The van der Waals surface area contributed by atoms with E-state index in [0.29, 0.717) is 11.8 Å². The molecule has 1 atom stereocenters. The number of rotatable bonds is 6. The van der Waals surface area contributed by atoms with Crippen LogP contribution in [0.15, 0.2) is 36.7 Å². The van der Waals surface area contributed by atoms with Crippen molar-refractivity contribution in [3.05, 3.63) is 47.8 Å². The Balaban J connectivity index is 1.87. The molecule has 4 heteroatoms. The fourth-order valence-corrected chi connectivity index (χ4v) is 2.15. The molecule has 1 heterocycles. The van der Waals surface area contributed by atoms with Gasteiger partial charge in [-0.05, 0) is 36.6 Å². The zero-order chi connectivity index (χ0) is 13.7. The second-order valence-electron chi connectivity index (χ2n) is 4.79. The average Bonchev–Trinajstić information content (AvgIpc) is 2.82. The van der Waals surface area contributed by atoms with Gasteiger partial charge < -0.3 is 10.4 Å². The summed E-state index contributed by atoms with van der Waals surface area (Å²) in [6.07, 6.45) is 4.93. The Hall–Kier alpha value is -1.81. The molecule has 0 saturated heterocycles. The minimum atomic E-state index is 0.311. The molecule has 0 spiro atoms. The van der Waals surface area contributed by atoms with Gasteiger partial charge in [0.05, 0.1) is 12.7 Å². The molecule has 0 amide bonds. The van der Waals surface area contributed by atoms with Crippen LogP contribution in [0.25, 0.3) is 0 Å². The summed E-state index contributed by atoms with van der Waals surface area (Å²) in [5.74, 6) is 0.311. The van der Waals surface area contributed by atoms with Crippen molar-refractivity contribution in [2.75, 3.05) is 6.54 Å². The minimum Gasteiger partial charge on any atom is -0.508 e. The van der Waals surface area contributed by atoms with Crippen LogP contribution in [0.3, 0.4) is 0 Å². The summed E-state index contributed by atoms with van der Waals surface area (Å²) < 4.78 is 1.95. The molecule has 102 valence electrons. The molecule has 4 nitrogen and oxygen atoms in total. The number of hydrogen-bond acceptors (Lipinski definition) is 3. The number of benzene rings is 1. The van der Waals surface area contributed by atoms with E-state index < -0.39 is 0 Å². The smallest absolute Gasteiger partial charge is 0.115 e. The molecule has 19 heavy (non-hydrogen) atoms. The molecule has 0 fully saturated rings. The quantitative estimate of drug-likeness (QED) is 0.838. The Morgan fingerprint density at radius 3 is 2.63 bits per heavy atom. The number of nitrogens with zero attached hydrogens (tertiary/aromatic N) is 2. The summed E-state index contributed by atoms with van der Waals surface area (Å²) in [6.45, 7) is 5.94. The lowest BCUT2D eigenvalue weighted by Gasteiger charge is -2.17. The SMILES string of the molecule is CCC(NCCn1cc(C)cn1)c1ccc(O)cc1. The van der Waals surface area contributed by atoms with Gasteiger partial charge in [0.25, 0.3) is 0 Å². The molecular weight excluding hydrogens is 238 g/mol. The molecule has 0 aliphatic carbocycles. The Kier molecular flexibility index (Phi) is 4.58. The van der Waals surface area contributed by atoms with Crippen molar-refractivity contribution in [2.45, 2.75) is 32.9 Å². The Morgan fingerprint density at radius 2 is 2.05 bits per heavy atom. The van der Waals surface area contributed by atoms with E-state index >= 15 is 0 Å². The third-order valence-electron chi connectivity index (χ3n) is 3.20. The summed E-state index contributed by atoms with van der Waals surface area (Å²) in [5, 5.41) is 17.1. The van der Waals surface area contributed by atoms with Gasteiger partial charge in [0.15, 0.2) is 0 Å². The van der Waals surface area contributed by atoms with Crippen LogP contribution in [0.2, 0.25) is 0 Å². The number of aryl methyl sites for hydroxylation is 1. The molecule has 0 aliphatic heterocycles. The van der Waals surface area contributed by atoms with E-state index in [4.69, 9.17) is 0 Å². The van der Waals surface area contributed by atoms with Gasteiger partial charge in [-0.2, -0.15) is 5.10 Å². The summed E-state index contributed by atoms with van der Waals surface area (Å²) in [7, 11) is 0. The van der Waals surface area contributed by atoms with Gasteiger partial charge in [0, 0.05) is 18.8 Å². The second kappa shape index (κ2) is 6.38. The van der Waals surface area contributed by atoms with Crippen molar-refractivity contribution in [1.29, 1.82) is 0 Å². The van der Waals surface area contributed by atoms with Crippen molar-refractivity contribution in [2.24, 2.45) is 0 Å². The second-order valence-corrected chi connectivity index (χ2v) is 4.79. The fourth-order valence-electron chi connectivity index (χ4n) is 2.15. The van der Waals surface area contributed by atoms with Gasteiger partial charge in [-0.15, -0.1) is 0 Å². The van der Waals surface area contributed by atoms with E-state index in [1.54, 1.807) is 12.1 Å². The number of aromatic hydroxyl groups is 1. The molecule has 1 aromatic carbocycles.